The summed E-state index contributed by atoms with van der Waals surface area (Å²) in [4.78, 5) is 24.3. The van der Waals surface area contributed by atoms with Crippen LogP contribution in [0.2, 0.25) is 0 Å². The molecule has 2 fully saturated rings. The zero-order valence-electron chi connectivity index (χ0n) is 18.7. The predicted octanol–water partition coefficient (Wildman–Crippen LogP) is 3.75. The summed E-state index contributed by atoms with van der Waals surface area (Å²) in [5, 5.41) is 16.7. The summed E-state index contributed by atoms with van der Waals surface area (Å²) in [5.74, 6) is 2.01. The Morgan fingerprint density at radius 2 is 2.07 bits per heavy atom. The van der Waals surface area contributed by atoms with Crippen molar-refractivity contribution in [3.05, 3.63) is 23.4 Å². The number of fused-ring (bicyclic) bond motifs is 1. The molecule has 7 nitrogen and oxygen atoms in total. The molecule has 0 radical (unpaired) electrons. The van der Waals surface area contributed by atoms with Crippen LogP contribution in [-0.2, 0) is 11.3 Å². The fourth-order valence-electron chi connectivity index (χ4n) is 4.65. The highest BCUT2D eigenvalue weighted by atomic mass is 16.5. The fourth-order valence-corrected chi connectivity index (χ4v) is 4.65. The number of amides is 1. The average molecular weight is 418 g/mol. The molecule has 0 aromatic carbocycles. The summed E-state index contributed by atoms with van der Waals surface area (Å²) in [5.41, 5.74) is 0.645. The van der Waals surface area contributed by atoms with E-state index in [4.69, 9.17) is 9.84 Å². The smallest absolute Gasteiger partial charge is 0.331 e. The molecule has 3 rings (SSSR count). The molecule has 2 aliphatic carbocycles. The summed E-state index contributed by atoms with van der Waals surface area (Å²) in [6.07, 6.45) is 6.70. The number of carboxylic acid groups (broad SMARTS) is 1. The van der Waals surface area contributed by atoms with Crippen LogP contribution >= 0.6 is 0 Å². The second-order valence-corrected chi connectivity index (χ2v) is 9.66. The van der Waals surface area contributed by atoms with Crippen molar-refractivity contribution in [2.24, 2.45) is 29.6 Å². The van der Waals surface area contributed by atoms with Crippen molar-refractivity contribution in [2.45, 2.75) is 66.5 Å². The zero-order valence-corrected chi connectivity index (χ0v) is 18.7. The number of nitrogens with zero attached hydrogens (tertiary/aromatic N) is 2. The molecule has 1 aromatic heterocycles. The van der Waals surface area contributed by atoms with Gasteiger partial charge in [-0.3, -0.25) is 4.79 Å². The van der Waals surface area contributed by atoms with Crippen LogP contribution in [0.15, 0.2) is 17.8 Å². The van der Waals surface area contributed by atoms with E-state index < -0.39 is 5.97 Å². The third-order valence-corrected chi connectivity index (χ3v) is 6.33. The summed E-state index contributed by atoms with van der Waals surface area (Å²) in [7, 11) is 0. The Bertz CT molecular complexity index is 813. The highest BCUT2D eigenvalue weighted by Crippen LogP contribution is 2.51. The lowest BCUT2D eigenvalue weighted by molar-refractivity contribution is -0.132. The van der Waals surface area contributed by atoms with Crippen molar-refractivity contribution in [2.75, 3.05) is 6.61 Å². The predicted molar refractivity (Wildman–Crippen MR) is 114 cm³/mol. The molecule has 0 aliphatic heterocycles. The molecule has 0 spiro atoms. The number of carbonyl (C=O) groups is 2. The van der Waals surface area contributed by atoms with Gasteiger partial charge in [0, 0.05) is 11.6 Å². The number of carboxylic acids is 1. The van der Waals surface area contributed by atoms with Gasteiger partial charge in [-0.05, 0) is 55.8 Å². The summed E-state index contributed by atoms with van der Waals surface area (Å²) < 4.78 is 7.50. The number of nitrogens with one attached hydrogen (secondary N) is 1. The van der Waals surface area contributed by atoms with E-state index in [0.717, 1.165) is 12.3 Å². The molecule has 5 atom stereocenters. The number of hydrogen-bond acceptors (Lipinski definition) is 4. The van der Waals surface area contributed by atoms with Crippen LogP contribution in [0.1, 0.15) is 64.2 Å². The SMILES string of the molecule is C/C(=C\Cn1ncc(C(=O)NC2C(C)CC(C)CC3CC32)c1OCC(C)C)C(=O)O. The molecular formula is C23H35N3O4. The number of hydrogen-bond donors (Lipinski definition) is 2. The Morgan fingerprint density at radius 3 is 2.73 bits per heavy atom. The third kappa shape index (κ3) is 5.24. The third-order valence-electron chi connectivity index (χ3n) is 6.33. The molecule has 0 bridgehead atoms. The van der Waals surface area contributed by atoms with E-state index in [1.54, 1.807) is 10.8 Å². The molecule has 1 heterocycles. The molecule has 2 saturated carbocycles. The van der Waals surface area contributed by atoms with Gasteiger partial charge in [-0.25, -0.2) is 9.48 Å². The topological polar surface area (TPSA) is 93.5 Å². The molecule has 1 amide bonds. The van der Waals surface area contributed by atoms with Crippen LogP contribution in [0, 0.1) is 29.6 Å². The fraction of sp³-hybridized carbons (Fsp3) is 0.696. The lowest BCUT2D eigenvalue weighted by Gasteiger charge is -2.25. The lowest BCUT2D eigenvalue weighted by atomic mass is 9.90. The molecule has 2 aliphatic rings. The van der Waals surface area contributed by atoms with Crippen molar-refractivity contribution >= 4 is 11.9 Å². The van der Waals surface area contributed by atoms with Crippen molar-refractivity contribution in [3.8, 4) is 5.88 Å². The van der Waals surface area contributed by atoms with Gasteiger partial charge in [0.1, 0.15) is 5.56 Å². The van der Waals surface area contributed by atoms with Gasteiger partial charge in [-0.1, -0.05) is 33.8 Å². The molecular weight excluding hydrogens is 382 g/mol. The number of ether oxygens (including phenoxy) is 1. The maximum Gasteiger partial charge on any atom is 0.331 e. The molecule has 0 saturated heterocycles. The first kappa shape index (κ1) is 22.4. The van der Waals surface area contributed by atoms with Crippen molar-refractivity contribution < 1.29 is 19.4 Å². The Balaban J connectivity index is 1.78. The lowest BCUT2D eigenvalue weighted by Crippen LogP contribution is -2.41. The van der Waals surface area contributed by atoms with Crippen LogP contribution in [0.3, 0.4) is 0 Å². The second kappa shape index (κ2) is 9.23. The van der Waals surface area contributed by atoms with Gasteiger partial charge < -0.3 is 15.2 Å². The van der Waals surface area contributed by atoms with E-state index >= 15 is 0 Å². The van der Waals surface area contributed by atoms with Gasteiger partial charge in [0.05, 0.1) is 19.3 Å². The molecule has 7 heteroatoms. The average Bonchev–Trinajstić information content (AvgIpc) is 3.30. The van der Waals surface area contributed by atoms with E-state index in [-0.39, 0.29) is 30.0 Å². The normalized spacial score (nSPS) is 28.6. The van der Waals surface area contributed by atoms with Gasteiger partial charge in [0.15, 0.2) is 0 Å². The highest BCUT2D eigenvalue weighted by Gasteiger charge is 2.48. The summed E-state index contributed by atoms with van der Waals surface area (Å²) in [6.45, 7) is 10.9. The van der Waals surface area contributed by atoms with E-state index in [2.05, 4.69) is 24.3 Å². The Morgan fingerprint density at radius 1 is 1.33 bits per heavy atom. The van der Waals surface area contributed by atoms with E-state index in [1.165, 1.54) is 26.0 Å². The maximum absolute atomic E-state index is 13.2. The van der Waals surface area contributed by atoms with Crippen molar-refractivity contribution in [1.82, 2.24) is 15.1 Å². The van der Waals surface area contributed by atoms with E-state index in [1.807, 2.05) is 13.8 Å². The number of rotatable bonds is 8. The van der Waals surface area contributed by atoms with Gasteiger partial charge >= 0.3 is 5.97 Å². The van der Waals surface area contributed by atoms with Crippen molar-refractivity contribution in [3.63, 3.8) is 0 Å². The monoisotopic (exact) mass is 417 g/mol. The minimum atomic E-state index is -0.972. The first-order valence-corrected chi connectivity index (χ1v) is 11.1. The number of aromatic nitrogens is 2. The van der Waals surface area contributed by atoms with Crippen LogP contribution in [-0.4, -0.2) is 39.4 Å². The zero-order chi connectivity index (χ0) is 22.0. The molecule has 1 aromatic rings. The Labute approximate surface area is 178 Å². The number of aliphatic carboxylic acids is 1. The van der Waals surface area contributed by atoms with Crippen LogP contribution in [0.5, 0.6) is 5.88 Å². The first-order chi connectivity index (χ1) is 14.2. The number of carbonyl (C=O) groups excluding carboxylic acids is 1. The first-order valence-electron chi connectivity index (χ1n) is 11.1. The maximum atomic E-state index is 13.2. The summed E-state index contributed by atoms with van der Waals surface area (Å²) in [6, 6.07) is 0.183. The Hall–Kier alpha value is -2.31. The van der Waals surface area contributed by atoms with Gasteiger partial charge in [-0.2, -0.15) is 5.10 Å². The molecule has 2 N–H and O–H groups in total. The Kier molecular flexibility index (Phi) is 6.88. The largest absolute Gasteiger partial charge is 0.478 e. The standard InChI is InChI=1S/C23H35N3O4/c1-13(2)12-30-22-19(11-24-26(22)7-6-15(4)23(28)29)21(27)25-20-16(5)8-14(3)9-17-10-18(17)20/h6,11,13-14,16-18,20H,7-10,12H2,1-5H3,(H,25,27)(H,28,29)/b15-6+. The molecule has 166 valence electrons. The van der Waals surface area contributed by atoms with Crippen LogP contribution < -0.4 is 10.1 Å². The van der Waals surface area contributed by atoms with Crippen LogP contribution in [0.25, 0.3) is 0 Å². The highest BCUT2D eigenvalue weighted by molar-refractivity contribution is 5.96. The quantitative estimate of drug-likeness (QED) is 0.629. The van der Waals surface area contributed by atoms with Gasteiger partial charge in [0.25, 0.3) is 5.91 Å². The molecule has 30 heavy (non-hydrogen) atoms. The molecule has 5 unspecified atom stereocenters. The minimum absolute atomic E-state index is 0.156. The van der Waals surface area contributed by atoms with Gasteiger partial charge in [0.2, 0.25) is 5.88 Å². The van der Waals surface area contributed by atoms with E-state index in [0.29, 0.717) is 35.8 Å². The van der Waals surface area contributed by atoms with Gasteiger partial charge in [-0.15, -0.1) is 0 Å². The summed E-state index contributed by atoms with van der Waals surface area (Å²) >= 11 is 0. The second-order valence-electron chi connectivity index (χ2n) is 9.66. The van der Waals surface area contributed by atoms with Crippen molar-refractivity contribution in [1.29, 1.82) is 0 Å². The minimum Gasteiger partial charge on any atom is -0.478 e. The van der Waals surface area contributed by atoms with E-state index in [9.17, 15) is 9.59 Å². The van der Waals surface area contributed by atoms with Crippen LogP contribution in [0.4, 0.5) is 0 Å². The number of allylic oxidation sites excluding steroid dienone is 1.